The number of nitrogens with one attached hydrogen (secondary N) is 1. The average Bonchev–Trinajstić information content (AvgIpc) is 2.96. The Hall–Kier alpha value is -3.55. The largest absolute Gasteiger partial charge is 0.493 e. The highest BCUT2D eigenvalue weighted by molar-refractivity contribution is 6.13. The lowest BCUT2D eigenvalue weighted by Crippen LogP contribution is -2.30. The Balaban J connectivity index is 1.88. The van der Waals surface area contributed by atoms with Gasteiger partial charge in [-0.1, -0.05) is 12.1 Å². The van der Waals surface area contributed by atoms with Crippen molar-refractivity contribution < 1.29 is 28.2 Å². The summed E-state index contributed by atoms with van der Waals surface area (Å²) in [5, 5.41) is 2.55. The van der Waals surface area contributed by atoms with Crippen LogP contribution in [0.3, 0.4) is 0 Å². The Bertz CT molecular complexity index is 915. The molecule has 2 aromatic rings. The number of carbonyl (C=O) groups is 2. The summed E-state index contributed by atoms with van der Waals surface area (Å²) in [6, 6.07) is 8.38. The first-order valence-corrected chi connectivity index (χ1v) is 8.35. The number of methoxy groups -OCH3 is 3. The van der Waals surface area contributed by atoms with Gasteiger partial charge in [0.15, 0.2) is 11.5 Å². The maximum absolute atomic E-state index is 13.0. The first-order chi connectivity index (χ1) is 13.5. The van der Waals surface area contributed by atoms with Gasteiger partial charge in [-0.05, 0) is 41.5 Å². The Morgan fingerprint density at radius 3 is 2.14 bits per heavy atom. The van der Waals surface area contributed by atoms with Crippen LogP contribution in [0, 0.1) is 5.82 Å². The molecule has 0 aromatic heterocycles. The maximum atomic E-state index is 13.0. The molecular formula is C20H19FN2O5. The van der Waals surface area contributed by atoms with Gasteiger partial charge in [-0.25, -0.2) is 9.18 Å². The first-order valence-electron chi connectivity index (χ1n) is 8.35. The molecule has 28 heavy (non-hydrogen) atoms. The molecule has 7 nitrogen and oxygen atoms in total. The molecule has 0 aliphatic carbocycles. The molecule has 0 radical (unpaired) electrons. The predicted molar refractivity (Wildman–Crippen MR) is 99.6 cm³/mol. The van der Waals surface area contributed by atoms with E-state index in [2.05, 4.69) is 5.32 Å². The van der Waals surface area contributed by atoms with Gasteiger partial charge in [0.1, 0.15) is 11.5 Å². The molecule has 1 fully saturated rings. The van der Waals surface area contributed by atoms with E-state index in [-0.39, 0.29) is 18.1 Å². The summed E-state index contributed by atoms with van der Waals surface area (Å²) in [7, 11) is 4.47. The van der Waals surface area contributed by atoms with E-state index in [1.807, 2.05) is 0 Å². The van der Waals surface area contributed by atoms with Gasteiger partial charge in [-0.2, -0.15) is 0 Å². The predicted octanol–water partition coefficient (Wildman–Crippen LogP) is 2.94. The van der Waals surface area contributed by atoms with Gasteiger partial charge in [0.05, 0.1) is 27.9 Å². The number of ether oxygens (including phenoxy) is 3. The molecule has 1 aliphatic rings. The van der Waals surface area contributed by atoms with Crippen molar-refractivity contribution in [3.05, 3.63) is 59.0 Å². The lowest BCUT2D eigenvalue weighted by molar-refractivity contribution is -0.123. The number of rotatable bonds is 6. The second-order valence-electron chi connectivity index (χ2n) is 5.96. The van der Waals surface area contributed by atoms with E-state index < -0.39 is 11.9 Å². The standard InChI is InChI=1S/C20H19FN2O5/c1-26-16-9-13(10-17(27-2)18(16)28-3)8-15-19(24)23(20(25)22-15)11-12-4-6-14(21)7-5-12/h4-10H,11H2,1-3H3,(H,22,25). The van der Waals surface area contributed by atoms with E-state index >= 15 is 0 Å². The number of amides is 3. The van der Waals surface area contributed by atoms with Crippen molar-refractivity contribution in [2.45, 2.75) is 6.54 Å². The van der Waals surface area contributed by atoms with E-state index in [4.69, 9.17) is 14.2 Å². The Labute approximate surface area is 161 Å². The summed E-state index contributed by atoms with van der Waals surface area (Å²) in [5.74, 6) is 0.404. The molecule has 3 amide bonds. The van der Waals surface area contributed by atoms with Crippen molar-refractivity contribution in [3.8, 4) is 17.2 Å². The monoisotopic (exact) mass is 386 g/mol. The summed E-state index contributed by atoms with van der Waals surface area (Å²) in [6.07, 6.45) is 1.52. The minimum atomic E-state index is -0.548. The number of imide groups is 1. The van der Waals surface area contributed by atoms with Gasteiger partial charge in [0.25, 0.3) is 5.91 Å². The molecule has 0 saturated carbocycles. The number of nitrogens with zero attached hydrogens (tertiary/aromatic N) is 1. The quantitative estimate of drug-likeness (QED) is 0.610. The van der Waals surface area contributed by atoms with Gasteiger partial charge < -0.3 is 19.5 Å². The van der Waals surface area contributed by atoms with Crippen LogP contribution in [0.4, 0.5) is 9.18 Å². The van der Waals surface area contributed by atoms with Crippen molar-refractivity contribution in [2.75, 3.05) is 21.3 Å². The van der Waals surface area contributed by atoms with E-state index in [0.29, 0.717) is 28.4 Å². The maximum Gasteiger partial charge on any atom is 0.329 e. The van der Waals surface area contributed by atoms with Crippen LogP contribution in [0.1, 0.15) is 11.1 Å². The molecule has 146 valence electrons. The van der Waals surface area contributed by atoms with Gasteiger partial charge >= 0.3 is 6.03 Å². The molecular weight excluding hydrogens is 367 g/mol. The van der Waals surface area contributed by atoms with Crippen LogP contribution in [0.25, 0.3) is 6.08 Å². The van der Waals surface area contributed by atoms with E-state index in [0.717, 1.165) is 4.90 Å². The van der Waals surface area contributed by atoms with Gasteiger partial charge in [0.2, 0.25) is 5.75 Å². The second kappa shape index (κ2) is 7.99. The summed E-state index contributed by atoms with van der Waals surface area (Å²) in [6.45, 7) is 0.0392. The highest BCUT2D eigenvalue weighted by Gasteiger charge is 2.33. The van der Waals surface area contributed by atoms with Gasteiger partial charge in [0, 0.05) is 0 Å². The van der Waals surface area contributed by atoms with Crippen LogP contribution in [0.2, 0.25) is 0 Å². The Morgan fingerprint density at radius 2 is 1.61 bits per heavy atom. The molecule has 1 heterocycles. The Morgan fingerprint density at radius 1 is 1.00 bits per heavy atom. The smallest absolute Gasteiger partial charge is 0.329 e. The molecule has 2 aromatic carbocycles. The molecule has 0 bridgehead atoms. The van der Waals surface area contributed by atoms with Crippen molar-refractivity contribution in [1.29, 1.82) is 0 Å². The van der Waals surface area contributed by atoms with Crippen LogP contribution >= 0.6 is 0 Å². The lowest BCUT2D eigenvalue weighted by atomic mass is 10.1. The van der Waals surface area contributed by atoms with E-state index in [1.165, 1.54) is 51.7 Å². The fraction of sp³-hybridized carbons (Fsp3) is 0.200. The van der Waals surface area contributed by atoms with Crippen molar-refractivity contribution in [3.63, 3.8) is 0 Å². The first kappa shape index (κ1) is 19.2. The number of hydrogen-bond acceptors (Lipinski definition) is 5. The number of halogens is 1. The highest BCUT2D eigenvalue weighted by Crippen LogP contribution is 2.38. The fourth-order valence-corrected chi connectivity index (χ4v) is 2.84. The molecule has 0 spiro atoms. The molecule has 1 N–H and O–H groups in total. The van der Waals surface area contributed by atoms with Crippen molar-refractivity contribution in [1.82, 2.24) is 10.2 Å². The van der Waals surface area contributed by atoms with Crippen LogP contribution in [-0.4, -0.2) is 38.2 Å². The molecule has 3 rings (SSSR count). The molecule has 8 heteroatoms. The average molecular weight is 386 g/mol. The summed E-state index contributed by atoms with van der Waals surface area (Å²) < 4.78 is 28.9. The molecule has 1 aliphatic heterocycles. The minimum absolute atomic E-state index is 0.0392. The minimum Gasteiger partial charge on any atom is -0.493 e. The molecule has 0 unspecified atom stereocenters. The number of benzene rings is 2. The van der Waals surface area contributed by atoms with Crippen LogP contribution in [0.5, 0.6) is 17.2 Å². The van der Waals surface area contributed by atoms with Gasteiger partial charge in [-0.15, -0.1) is 0 Å². The van der Waals surface area contributed by atoms with Crippen molar-refractivity contribution >= 4 is 18.0 Å². The number of hydrogen-bond donors (Lipinski definition) is 1. The number of urea groups is 1. The summed E-state index contributed by atoms with van der Waals surface area (Å²) in [5.41, 5.74) is 1.34. The molecule has 0 atom stereocenters. The summed E-state index contributed by atoms with van der Waals surface area (Å²) in [4.78, 5) is 25.9. The van der Waals surface area contributed by atoms with Crippen molar-refractivity contribution in [2.24, 2.45) is 0 Å². The Kier molecular flexibility index (Phi) is 5.49. The summed E-state index contributed by atoms with van der Waals surface area (Å²) >= 11 is 0. The van der Waals surface area contributed by atoms with E-state index in [9.17, 15) is 14.0 Å². The zero-order valence-electron chi connectivity index (χ0n) is 15.6. The van der Waals surface area contributed by atoms with Gasteiger partial charge in [-0.3, -0.25) is 9.69 Å². The van der Waals surface area contributed by atoms with Crippen LogP contribution < -0.4 is 19.5 Å². The third kappa shape index (κ3) is 3.75. The van der Waals surface area contributed by atoms with Crippen LogP contribution in [-0.2, 0) is 11.3 Å². The zero-order valence-corrected chi connectivity index (χ0v) is 15.6. The zero-order chi connectivity index (χ0) is 20.3. The third-order valence-electron chi connectivity index (χ3n) is 4.21. The number of carbonyl (C=O) groups excluding carboxylic acids is 2. The SMILES string of the molecule is COc1cc(C=C2NC(=O)N(Cc3ccc(F)cc3)C2=O)cc(OC)c1OC. The fourth-order valence-electron chi connectivity index (χ4n) is 2.84. The lowest BCUT2D eigenvalue weighted by Gasteiger charge is -2.13. The third-order valence-corrected chi connectivity index (χ3v) is 4.21. The topological polar surface area (TPSA) is 77.1 Å². The molecule has 1 saturated heterocycles. The van der Waals surface area contributed by atoms with E-state index in [1.54, 1.807) is 12.1 Å². The normalized spacial score (nSPS) is 15.0. The second-order valence-corrected chi connectivity index (χ2v) is 5.96. The van der Waals surface area contributed by atoms with Crippen LogP contribution in [0.15, 0.2) is 42.1 Å². The highest BCUT2D eigenvalue weighted by atomic mass is 19.1.